The maximum Gasteiger partial charge on any atom is 0.344 e. The van der Waals surface area contributed by atoms with Gasteiger partial charge in [-0.1, -0.05) is 12.1 Å². The van der Waals surface area contributed by atoms with Gasteiger partial charge in [-0.15, -0.1) is 0 Å². The Morgan fingerprint density at radius 1 is 1.10 bits per heavy atom. The van der Waals surface area contributed by atoms with Crippen molar-refractivity contribution in [3.63, 3.8) is 0 Å². The van der Waals surface area contributed by atoms with Crippen LogP contribution < -0.4 is 9.04 Å². The third-order valence-corrected chi connectivity index (χ3v) is 6.10. The molecule has 0 atom stereocenters. The second-order valence-electron chi connectivity index (χ2n) is 7.00. The number of hydrogen-bond donors (Lipinski definition) is 0. The summed E-state index contributed by atoms with van der Waals surface area (Å²) in [5.41, 5.74) is 3.74. The molecule has 1 aliphatic rings. The number of rotatable bonds is 7. The van der Waals surface area contributed by atoms with Crippen LogP contribution in [0.25, 0.3) is 0 Å². The molecule has 0 aromatic heterocycles. The normalized spacial score (nSPS) is 13.1. The second kappa shape index (κ2) is 8.24. The van der Waals surface area contributed by atoms with Crippen molar-refractivity contribution >= 4 is 27.5 Å². The first-order chi connectivity index (χ1) is 13.7. The lowest BCUT2D eigenvalue weighted by Crippen LogP contribution is -2.27. The fraction of sp³-hybridized carbons (Fsp3) is 0.333. The quantitative estimate of drug-likeness (QED) is 0.508. The molecule has 0 aliphatic carbocycles. The van der Waals surface area contributed by atoms with Gasteiger partial charge in [0.25, 0.3) is 0 Å². The Morgan fingerprint density at radius 2 is 1.86 bits per heavy atom. The van der Waals surface area contributed by atoms with E-state index in [1.54, 1.807) is 24.3 Å². The number of esters is 1. The molecule has 3 rings (SSSR count). The average Bonchev–Trinajstić information content (AvgIpc) is 3.11. The van der Waals surface area contributed by atoms with Crippen LogP contribution >= 0.6 is 0 Å². The van der Waals surface area contributed by atoms with Gasteiger partial charge in [0.05, 0.1) is 11.9 Å². The van der Waals surface area contributed by atoms with Crippen LogP contribution in [-0.4, -0.2) is 46.2 Å². The van der Waals surface area contributed by atoms with Crippen molar-refractivity contribution in [3.05, 3.63) is 58.7 Å². The Balaban J connectivity index is 1.56. The number of benzene rings is 2. The van der Waals surface area contributed by atoms with Crippen LogP contribution in [0.2, 0.25) is 0 Å². The number of sulfonamides is 1. The summed E-state index contributed by atoms with van der Waals surface area (Å²) in [6.45, 7) is 3.52. The van der Waals surface area contributed by atoms with Gasteiger partial charge in [0, 0.05) is 12.1 Å². The van der Waals surface area contributed by atoms with Crippen molar-refractivity contribution in [1.82, 2.24) is 0 Å². The lowest BCUT2D eigenvalue weighted by Gasteiger charge is -2.16. The predicted molar refractivity (Wildman–Crippen MR) is 109 cm³/mol. The number of anilines is 1. The van der Waals surface area contributed by atoms with Gasteiger partial charge < -0.3 is 9.47 Å². The number of hydrogen-bond acceptors (Lipinski definition) is 6. The monoisotopic (exact) mass is 417 g/mol. The first-order valence-electron chi connectivity index (χ1n) is 9.15. The van der Waals surface area contributed by atoms with Gasteiger partial charge in [0.1, 0.15) is 5.75 Å². The van der Waals surface area contributed by atoms with Crippen LogP contribution in [0.4, 0.5) is 5.69 Å². The summed E-state index contributed by atoms with van der Waals surface area (Å²) in [4.78, 5) is 24.3. The summed E-state index contributed by atoms with van der Waals surface area (Å²) in [6, 6.07) is 10.4. The molecule has 0 radical (unpaired) electrons. The summed E-state index contributed by atoms with van der Waals surface area (Å²) >= 11 is 0. The molecule has 2 aromatic rings. The lowest BCUT2D eigenvalue weighted by molar-refractivity contribution is -0.144. The molecule has 154 valence electrons. The van der Waals surface area contributed by atoms with Crippen LogP contribution in [0, 0.1) is 13.8 Å². The molecule has 0 saturated heterocycles. The van der Waals surface area contributed by atoms with E-state index in [-0.39, 0.29) is 12.4 Å². The Kier molecular flexibility index (Phi) is 5.93. The first kappa shape index (κ1) is 20.9. The minimum atomic E-state index is -3.34. The van der Waals surface area contributed by atoms with Crippen molar-refractivity contribution in [2.75, 3.05) is 30.3 Å². The highest BCUT2D eigenvalue weighted by molar-refractivity contribution is 7.92. The van der Waals surface area contributed by atoms with Gasteiger partial charge >= 0.3 is 5.97 Å². The fourth-order valence-electron chi connectivity index (χ4n) is 3.18. The van der Waals surface area contributed by atoms with E-state index < -0.39 is 22.6 Å². The van der Waals surface area contributed by atoms with Gasteiger partial charge in [-0.3, -0.25) is 9.10 Å². The van der Waals surface area contributed by atoms with Crippen LogP contribution in [0.3, 0.4) is 0 Å². The van der Waals surface area contributed by atoms with Crippen molar-refractivity contribution in [2.45, 2.75) is 20.3 Å². The van der Waals surface area contributed by atoms with Crippen LogP contribution in [-0.2, 0) is 26.0 Å². The molecule has 29 heavy (non-hydrogen) atoms. The minimum Gasteiger partial charge on any atom is -0.482 e. The Hall–Kier alpha value is -2.87. The fourth-order valence-corrected chi connectivity index (χ4v) is 4.14. The summed E-state index contributed by atoms with van der Waals surface area (Å²) in [5, 5.41) is 0. The van der Waals surface area contributed by atoms with Gasteiger partial charge in [-0.05, 0) is 61.2 Å². The van der Waals surface area contributed by atoms with Gasteiger partial charge in [0.2, 0.25) is 10.0 Å². The topological polar surface area (TPSA) is 90.0 Å². The van der Waals surface area contributed by atoms with Gasteiger partial charge in [0.15, 0.2) is 19.0 Å². The summed E-state index contributed by atoms with van der Waals surface area (Å²) in [6.07, 6.45) is 1.69. The molecule has 0 N–H and O–H groups in total. The zero-order chi connectivity index (χ0) is 21.2. The van der Waals surface area contributed by atoms with E-state index >= 15 is 0 Å². The number of Topliss-reactive ketones (excluding diaryl/α,β-unsaturated/α-hetero) is 1. The van der Waals surface area contributed by atoms with Crippen LogP contribution in [0.1, 0.15) is 27.0 Å². The molecule has 1 heterocycles. The van der Waals surface area contributed by atoms with Crippen LogP contribution in [0.15, 0.2) is 36.4 Å². The van der Waals surface area contributed by atoms with E-state index in [4.69, 9.17) is 9.47 Å². The largest absolute Gasteiger partial charge is 0.482 e. The molecule has 0 fully saturated rings. The highest BCUT2D eigenvalue weighted by Gasteiger charge is 2.26. The molecular formula is C21H23NO6S. The van der Waals surface area contributed by atoms with E-state index in [0.717, 1.165) is 22.9 Å². The van der Waals surface area contributed by atoms with Crippen molar-refractivity contribution in [2.24, 2.45) is 0 Å². The van der Waals surface area contributed by atoms with Crippen molar-refractivity contribution in [1.29, 1.82) is 0 Å². The number of fused-ring (bicyclic) bond motifs is 1. The van der Waals surface area contributed by atoms with Crippen molar-refractivity contribution < 1.29 is 27.5 Å². The minimum absolute atomic E-state index is 0.287. The van der Waals surface area contributed by atoms with E-state index in [2.05, 4.69) is 0 Å². The number of nitrogens with zero attached hydrogens (tertiary/aromatic N) is 1. The number of ether oxygens (including phenoxy) is 2. The molecule has 0 bridgehead atoms. The number of aryl methyl sites for hydroxylation is 1. The lowest BCUT2D eigenvalue weighted by atomic mass is 10.1. The number of carbonyl (C=O) groups excluding carboxylic acids is 2. The molecule has 2 aromatic carbocycles. The Labute approximate surface area is 170 Å². The van der Waals surface area contributed by atoms with E-state index in [1.165, 1.54) is 4.31 Å². The standard InChI is InChI=1S/C21H23NO6S/c1-14-5-4-6-20(15(14)2)27-13-21(24)28-12-19(23)17-7-8-18-16(11-17)9-10-22(18)29(3,25)26/h4-8,11H,9-10,12-13H2,1-3H3. The summed E-state index contributed by atoms with van der Waals surface area (Å²) in [5.74, 6) is -0.392. The van der Waals surface area contributed by atoms with Crippen LogP contribution in [0.5, 0.6) is 5.75 Å². The molecule has 0 saturated carbocycles. The molecular weight excluding hydrogens is 394 g/mol. The highest BCUT2D eigenvalue weighted by atomic mass is 32.2. The Morgan fingerprint density at radius 3 is 2.59 bits per heavy atom. The maximum absolute atomic E-state index is 12.4. The second-order valence-corrected chi connectivity index (χ2v) is 8.91. The Bertz CT molecular complexity index is 1060. The van der Waals surface area contributed by atoms with E-state index in [0.29, 0.717) is 30.0 Å². The molecule has 0 amide bonds. The van der Waals surface area contributed by atoms with Crippen molar-refractivity contribution in [3.8, 4) is 5.75 Å². The highest BCUT2D eigenvalue weighted by Crippen LogP contribution is 2.30. The molecule has 8 heteroatoms. The van der Waals surface area contributed by atoms with Gasteiger partial charge in [-0.2, -0.15) is 0 Å². The number of ketones is 1. The molecule has 0 spiro atoms. The average molecular weight is 417 g/mol. The first-order valence-corrected chi connectivity index (χ1v) is 11.0. The number of carbonyl (C=O) groups is 2. The third kappa shape index (κ3) is 4.76. The molecule has 7 nitrogen and oxygen atoms in total. The third-order valence-electron chi connectivity index (χ3n) is 4.92. The summed E-state index contributed by atoms with van der Waals surface area (Å²) < 4.78 is 35.4. The SMILES string of the molecule is Cc1cccc(OCC(=O)OCC(=O)c2ccc3c(c2)CCN3S(C)(=O)=O)c1C. The molecule has 1 aliphatic heterocycles. The van der Waals surface area contributed by atoms with E-state index in [9.17, 15) is 18.0 Å². The summed E-state index contributed by atoms with van der Waals surface area (Å²) in [7, 11) is -3.34. The smallest absolute Gasteiger partial charge is 0.344 e. The predicted octanol–water partition coefficient (Wildman–Crippen LogP) is 2.43. The zero-order valence-corrected chi connectivity index (χ0v) is 17.4. The molecule has 0 unspecified atom stereocenters. The van der Waals surface area contributed by atoms with Gasteiger partial charge in [-0.25, -0.2) is 13.2 Å². The zero-order valence-electron chi connectivity index (χ0n) is 16.6. The van der Waals surface area contributed by atoms with E-state index in [1.807, 2.05) is 26.0 Å². The maximum atomic E-state index is 12.4.